The Hall–Kier alpha value is -4.18. The van der Waals surface area contributed by atoms with Gasteiger partial charge in [-0.2, -0.15) is 5.26 Å². The number of nitrogens with zero attached hydrogens (tertiary/aromatic N) is 2. The van der Waals surface area contributed by atoms with Crippen molar-refractivity contribution in [2.75, 3.05) is 22.1 Å². The number of anilines is 3. The molecule has 1 unspecified atom stereocenters. The third kappa shape index (κ3) is 4.85. The number of nitrogens with one attached hydrogen (secondary N) is 2. The third-order valence-electron chi connectivity index (χ3n) is 5.75. The fraction of sp³-hybridized carbons (Fsp3) is 0.192. The number of nitriles is 1. The van der Waals surface area contributed by atoms with E-state index in [1.165, 1.54) is 24.3 Å². The zero-order valence-corrected chi connectivity index (χ0v) is 18.1. The van der Waals surface area contributed by atoms with E-state index in [4.69, 9.17) is 5.26 Å². The molecule has 0 fully saturated rings. The molecule has 7 heteroatoms. The van der Waals surface area contributed by atoms with E-state index in [0.717, 1.165) is 24.1 Å². The van der Waals surface area contributed by atoms with Crippen LogP contribution in [0.25, 0.3) is 0 Å². The summed E-state index contributed by atoms with van der Waals surface area (Å²) in [6.07, 6.45) is 1.60. The van der Waals surface area contributed by atoms with Crippen molar-refractivity contribution in [1.29, 1.82) is 5.26 Å². The van der Waals surface area contributed by atoms with Gasteiger partial charge in [0.25, 0.3) is 5.91 Å². The second kappa shape index (κ2) is 9.53. The Labute approximate surface area is 191 Å². The van der Waals surface area contributed by atoms with E-state index < -0.39 is 11.9 Å². The molecule has 1 atom stereocenters. The lowest BCUT2D eigenvalue weighted by Crippen LogP contribution is -2.44. The monoisotopic (exact) mass is 442 g/mol. The second-order valence-corrected chi connectivity index (χ2v) is 7.92. The van der Waals surface area contributed by atoms with E-state index in [2.05, 4.69) is 16.7 Å². The summed E-state index contributed by atoms with van der Waals surface area (Å²) in [7, 11) is 0. The average Bonchev–Trinajstić information content (AvgIpc) is 2.84. The first-order chi connectivity index (χ1) is 16.0. The summed E-state index contributed by atoms with van der Waals surface area (Å²) in [5.41, 5.74) is 3.96. The first kappa shape index (κ1) is 22.0. The third-order valence-corrected chi connectivity index (χ3v) is 5.75. The molecule has 166 valence electrons. The molecule has 1 aliphatic heterocycles. The minimum Gasteiger partial charge on any atom is -0.359 e. The molecule has 0 saturated heterocycles. The van der Waals surface area contributed by atoms with Crippen LogP contribution in [0.2, 0.25) is 0 Å². The summed E-state index contributed by atoms with van der Waals surface area (Å²) in [4.78, 5) is 27.6. The van der Waals surface area contributed by atoms with Crippen molar-refractivity contribution >= 4 is 28.9 Å². The van der Waals surface area contributed by atoms with Gasteiger partial charge >= 0.3 is 0 Å². The summed E-state index contributed by atoms with van der Waals surface area (Å²) in [5, 5.41) is 14.9. The number of halogens is 1. The smallest absolute Gasteiger partial charge is 0.255 e. The summed E-state index contributed by atoms with van der Waals surface area (Å²) in [6, 6.07) is 19.4. The second-order valence-electron chi connectivity index (χ2n) is 7.92. The molecular formula is C26H23FN4O2. The minimum absolute atomic E-state index is 0.182. The van der Waals surface area contributed by atoms with Crippen molar-refractivity contribution in [3.8, 4) is 6.07 Å². The van der Waals surface area contributed by atoms with Crippen LogP contribution >= 0.6 is 0 Å². The van der Waals surface area contributed by atoms with Gasteiger partial charge in [-0.3, -0.25) is 9.59 Å². The van der Waals surface area contributed by atoms with Gasteiger partial charge in [0.1, 0.15) is 11.9 Å². The quantitative estimate of drug-likeness (QED) is 0.598. The zero-order valence-electron chi connectivity index (χ0n) is 18.1. The standard InChI is InChI=1S/C26H23FN4O2/c1-17(25(32)29-21-6-2-5-18(15-21)16-28)31-14-4-7-22-23(8-3-9-24(22)31)30-26(33)19-10-12-20(27)13-11-19/h2-3,5-6,8-13,15,17H,4,7,14H2,1H3,(H,29,32)(H,30,33). The van der Waals surface area contributed by atoms with Crippen LogP contribution in [-0.4, -0.2) is 24.4 Å². The molecular weight excluding hydrogens is 419 g/mol. The van der Waals surface area contributed by atoms with Gasteiger partial charge in [-0.1, -0.05) is 12.1 Å². The highest BCUT2D eigenvalue weighted by molar-refractivity contribution is 6.05. The fourth-order valence-electron chi connectivity index (χ4n) is 4.02. The van der Waals surface area contributed by atoms with Crippen LogP contribution < -0.4 is 15.5 Å². The summed E-state index contributed by atoms with van der Waals surface area (Å²) >= 11 is 0. The van der Waals surface area contributed by atoms with E-state index in [9.17, 15) is 14.0 Å². The maximum atomic E-state index is 13.2. The van der Waals surface area contributed by atoms with Crippen molar-refractivity contribution in [3.63, 3.8) is 0 Å². The van der Waals surface area contributed by atoms with Crippen LogP contribution in [0.1, 0.15) is 34.8 Å². The Kier molecular flexibility index (Phi) is 6.36. The molecule has 0 aliphatic carbocycles. The molecule has 3 aromatic carbocycles. The Morgan fingerprint density at radius 2 is 1.82 bits per heavy atom. The van der Waals surface area contributed by atoms with Gasteiger partial charge < -0.3 is 15.5 Å². The molecule has 2 amide bonds. The highest BCUT2D eigenvalue weighted by Gasteiger charge is 2.28. The van der Waals surface area contributed by atoms with Crippen molar-refractivity contribution in [2.45, 2.75) is 25.8 Å². The maximum Gasteiger partial charge on any atom is 0.255 e. The number of amides is 2. The molecule has 0 saturated carbocycles. The number of carbonyl (C=O) groups is 2. The van der Waals surface area contributed by atoms with Crippen LogP contribution in [0, 0.1) is 17.1 Å². The van der Waals surface area contributed by atoms with Gasteiger partial charge in [0.15, 0.2) is 0 Å². The molecule has 0 aromatic heterocycles. The summed E-state index contributed by atoms with van der Waals surface area (Å²) < 4.78 is 13.2. The van der Waals surface area contributed by atoms with E-state index in [-0.39, 0.29) is 11.8 Å². The Morgan fingerprint density at radius 3 is 2.58 bits per heavy atom. The first-order valence-electron chi connectivity index (χ1n) is 10.7. The topological polar surface area (TPSA) is 85.2 Å². The van der Waals surface area contributed by atoms with Crippen molar-refractivity contribution in [3.05, 3.63) is 89.2 Å². The largest absolute Gasteiger partial charge is 0.359 e. The van der Waals surface area contributed by atoms with Gasteiger partial charge in [-0.15, -0.1) is 0 Å². The lowest BCUT2D eigenvalue weighted by Gasteiger charge is -2.36. The Balaban J connectivity index is 1.53. The first-order valence-corrected chi connectivity index (χ1v) is 10.7. The van der Waals surface area contributed by atoms with Gasteiger partial charge in [-0.25, -0.2) is 4.39 Å². The van der Waals surface area contributed by atoms with Crippen LogP contribution in [0.3, 0.4) is 0 Å². The molecule has 6 nitrogen and oxygen atoms in total. The molecule has 1 heterocycles. The zero-order chi connectivity index (χ0) is 23.4. The van der Waals surface area contributed by atoms with E-state index >= 15 is 0 Å². The fourth-order valence-corrected chi connectivity index (χ4v) is 4.02. The SMILES string of the molecule is CC(C(=O)Nc1cccc(C#N)c1)N1CCCc2c(NC(=O)c3ccc(F)cc3)cccc21. The number of fused-ring (bicyclic) bond motifs is 1. The number of hydrogen-bond acceptors (Lipinski definition) is 4. The lowest BCUT2D eigenvalue weighted by atomic mass is 9.97. The molecule has 0 radical (unpaired) electrons. The number of carbonyl (C=O) groups excluding carboxylic acids is 2. The van der Waals surface area contributed by atoms with Gasteiger partial charge in [0.05, 0.1) is 11.6 Å². The number of hydrogen-bond donors (Lipinski definition) is 2. The molecule has 3 aromatic rings. The van der Waals surface area contributed by atoms with Crippen molar-refractivity contribution in [2.24, 2.45) is 0 Å². The van der Waals surface area contributed by atoms with Gasteiger partial charge in [0, 0.05) is 29.2 Å². The van der Waals surface area contributed by atoms with E-state index in [1.807, 2.05) is 30.0 Å². The molecule has 2 N–H and O–H groups in total. The minimum atomic E-state index is -0.460. The predicted octanol–water partition coefficient (Wildman–Crippen LogP) is 4.73. The molecule has 4 rings (SSSR count). The normalized spacial score (nSPS) is 13.4. The van der Waals surface area contributed by atoms with Gasteiger partial charge in [0.2, 0.25) is 5.91 Å². The number of benzene rings is 3. The Bertz CT molecular complexity index is 1230. The predicted molar refractivity (Wildman–Crippen MR) is 126 cm³/mol. The van der Waals surface area contributed by atoms with Crippen LogP contribution in [-0.2, 0) is 11.2 Å². The van der Waals surface area contributed by atoms with Crippen molar-refractivity contribution < 1.29 is 14.0 Å². The highest BCUT2D eigenvalue weighted by Crippen LogP contribution is 2.34. The summed E-state index contributed by atoms with van der Waals surface area (Å²) in [5.74, 6) is -0.895. The average molecular weight is 442 g/mol. The molecule has 0 spiro atoms. The van der Waals surface area contributed by atoms with Crippen molar-refractivity contribution in [1.82, 2.24) is 0 Å². The summed E-state index contributed by atoms with van der Waals surface area (Å²) in [6.45, 7) is 2.54. The Morgan fingerprint density at radius 1 is 1.06 bits per heavy atom. The van der Waals surface area contributed by atoms with E-state index in [1.54, 1.807) is 24.3 Å². The van der Waals surface area contributed by atoms with Crippen LogP contribution in [0.5, 0.6) is 0 Å². The number of rotatable bonds is 5. The van der Waals surface area contributed by atoms with Crippen LogP contribution in [0.15, 0.2) is 66.7 Å². The maximum absolute atomic E-state index is 13.2. The lowest BCUT2D eigenvalue weighted by molar-refractivity contribution is -0.117. The highest BCUT2D eigenvalue weighted by atomic mass is 19.1. The molecule has 0 bridgehead atoms. The van der Waals surface area contributed by atoms with Gasteiger partial charge in [-0.05, 0) is 79.9 Å². The molecule has 33 heavy (non-hydrogen) atoms. The van der Waals surface area contributed by atoms with Crippen LogP contribution in [0.4, 0.5) is 21.5 Å². The van der Waals surface area contributed by atoms with E-state index in [0.29, 0.717) is 29.0 Å². The molecule has 1 aliphatic rings.